The molecule has 8 nitrogen and oxygen atoms in total. The predicted octanol–water partition coefficient (Wildman–Crippen LogP) is 2.26. The van der Waals surface area contributed by atoms with Gasteiger partial charge in [0.2, 0.25) is 5.91 Å². The summed E-state index contributed by atoms with van der Waals surface area (Å²) in [4.78, 5) is 23.4. The normalized spacial score (nSPS) is 12.0. The third kappa shape index (κ3) is 3.74. The van der Waals surface area contributed by atoms with Crippen molar-refractivity contribution in [1.82, 2.24) is 24.9 Å². The summed E-state index contributed by atoms with van der Waals surface area (Å²) in [5, 5.41) is 20.4. The highest BCUT2D eigenvalue weighted by molar-refractivity contribution is 5.87. The Morgan fingerprint density at radius 3 is 2.56 bits per heavy atom. The van der Waals surface area contributed by atoms with Gasteiger partial charge in [-0.05, 0) is 32.9 Å². The second kappa shape index (κ2) is 7.45. The first kappa shape index (κ1) is 18.4. The first-order chi connectivity index (χ1) is 12.9. The first-order valence-electron chi connectivity index (χ1n) is 8.54. The molecule has 1 aromatic carbocycles. The fourth-order valence-electron chi connectivity index (χ4n) is 2.86. The van der Waals surface area contributed by atoms with Crippen molar-refractivity contribution in [3.05, 3.63) is 65.2 Å². The van der Waals surface area contributed by atoms with E-state index in [0.29, 0.717) is 6.54 Å². The highest BCUT2D eigenvalue weighted by atomic mass is 16.4. The Kier molecular flexibility index (Phi) is 5.07. The number of benzene rings is 1. The molecule has 0 aliphatic carbocycles. The van der Waals surface area contributed by atoms with Crippen LogP contribution in [-0.4, -0.2) is 36.5 Å². The van der Waals surface area contributed by atoms with E-state index in [-0.39, 0.29) is 11.5 Å². The number of carboxylic acids is 1. The number of carboxylic acid groups (broad SMARTS) is 1. The van der Waals surface area contributed by atoms with Crippen molar-refractivity contribution in [3.8, 4) is 5.69 Å². The first-order valence-corrected chi connectivity index (χ1v) is 8.54. The average Bonchev–Trinajstić information content (AvgIpc) is 3.26. The number of nitrogens with zero attached hydrogens (tertiary/aromatic N) is 4. The van der Waals surface area contributed by atoms with Crippen LogP contribution in [-0.2, 0) is 11.3 Å². The molecule has 0 fully saturated rings. The Bertz CT molecular complexity index is 975. The van der Waals surface area contributed by atoms with Gasteiger partial charge in [0.05, 0.1) is 23.1 Å². The number of aromatic carboxylic acids is 1. The molecule has 1 unspecified atom stereocenters. The van der Waals surface area contributed by atoms with Crippen LogP contribution in [0.1, 0.15) is 40.3 Å². The zero-order valence-corrected chi connectivity index (χ0v) is 15.4. The Morgan fingerprint density at radius 2 is 1.93 bits per heavy atom. The molecule has 1 amide bonds. The highest BCUT2D eigenvalue weighted by Crippen LogP contribution is 2.18. The van der Waals surface area contributed by atoms with Crippen molar-refractivity contribution in [3.63, 3.8) is 0 Å². The number of hydrogen-bond acceptors (Lipinski definition) is 4. The van der Waals surface area contributed by atoms with Gasteiger partial charge in [-0.2, -0.15) is 10.2 Å². The Hall–Kier alpha value is -3.42. The molecule has 0 spiro atoms. The molecular formula is C19H21N5O3. The van der Waals surface area contributed by atoms with Gasteiger partial charge >= 0.3 is 5.97 Å². The van der Waals surface area contributed by atoms with Gasteiger partial charge in [0.15, 0.2) is 0 Å². The lowest BCUT2D eigenvalue weighted by molar-refractivity contribution is -0.124. The highest BCUT2D eigenvalue weighted by Gasteiger charge is 2.19. The minimum absolute atomic E-state index is 0.0467. The van der Waals surface area contributed by atoms with Crippen LogP contribution in [0.15, 0.2) is 42.7 Å². The molecule has 1 atom stereocenters. The maximum Gasteiger partial charge on any atom is 0.338 e. The number of hydrogen-bond donors (Lipinski definition) is 2. The molecule has 27 heavy (non-hydrogen) atoms. The number of nitrogens with one attached hydrogen (secondary N) is 1. The van der Waals surface area contributed by atoms with Gasteiger partial charge in [-0.25, -0.2) is 9.48 Å². The number of aromatic nitrogens is 4. The minimum atomic E-state index is -1.08. The van der Waals surface area contributed by atoms with E-state index in [9.17, 15) is 9.59 Å². The molecule has 8 heteroatoms. The largest absolute Gasteiger partial charge is 0.478 e. The topological polar surface area (TPSA) is 102 Å². The van der Waals surface area contributed by atoms with Crippen molar-refractivity contribution in [2.45, 2.75) is 33.4 Å². The molecule has 0 bridgehead atoms. The van der Waals surface area contributed by atoms with E-state index in [4.69, 9.17) is 5.11 Å². The van der Waals surface area contributed by atoms with Crippen LogP contribution in [0.3, 0.4) is 0 Å². The zero-order valence-electron chi connectivity index (χ0n) is 15.4. The molecule has 0 saturated heterocycles. The average molecular weight is 367 g/mol. The van der Waals surface area contributed by atoms with Gasteiger partial charge < -0.3 is 10.4 Å². The molecular weight excluding hydrogens is 346 g/mol. The fourth-order valence-corrected chi connectivity index (χ4v) is 2.86. The third-order valence-corrected chi connectivity index (χ3v) is 4.51. The lowest BCUT2D eigenvalue weighted by Crippen LogP contribution is -2.31. The standard InChI is InChI=1S/C19H21N5O3/c1-12-17(13(2)24(22-12)16-7-5-4-6-8-16)10-20-18(25)14(3)23-11-15(9-21-23)19(26)27/h4-9,11,14H,10H2,1-3H3,(H,20,25)(H,26,27). The van der Waals surface area contributed by atoms with Crippen LogP contribution in [0.25, 0.3) is 5.69 Å². The second-order valence-electron chi connectivity index (χ2n) is 6.30. The van der Waals surface area contributed by atoms with Gasteiger partial charge in [-0.3, -0.25) is 9.48 Å². The van der Waals surface area contributed by atoms with E-state index in [1.54, 1.807) is 6.92 Å². The Morgan fingerprint density at radius 1 is 1.22 bits per heavy atom. The van der Waals surface area contributed by atoms with E-state index >= 15 is 0 Å². The summed E-state index contributed by atoms with van der Waals surface area (Å²) in [6.07, 6.45) is 2.57. The van der Waals surface area contributed by atoms with Gasteiger partial charge in [0, 0.05) is 24.0 Å². The van der Waals surface area contributed by atoms with Crippen molar-refractivity contribution >= 4 is 11.9 Å². The number of rotatable bonds is 6. The van der Waals surface area contributed by atoms with E-state index in [1.807, 2.05) is 48.9 Å². The van der Waals surface area contributed by atoms with Gasteiger partial charge in [0.1, 0.15) is 6.04 Å². The lowest BCUT2D eigenvalue weighted by Gasteiger charge is -2.13. The Balaban J connectivity index is 1.72. The summed E-state index contributed by atoms with van der Waals surface area (Å²) in [6, 6.07) is 9.17. The van der Waals surface area contributed by atoms with Crippen LogP contribution in [0.4, 0.5) is 0 Å². The van der Waals surface area contributed by atoms with Crippen molar-refractivity contribution in [2.75, 3.05) is 0 Å². The minimum Gasteiger partial charge on any atom is -0.478 e. The number of carbonyl (C=O) groups excluding carboxylic acids is 1. The number of amides is 1. The summed E-state index contributed by atoms with van der Waals surface area (Å²) in [7, 11) is 0. The van der Waals surface area contributed by atoms with Crippen LogP contribution in [0.2, 0.25) is 0 Å². The molecule has 0 aliphatic rings. The zero-order chi connectivity index (χ0) is 19.6. The summed E-state index contributed by atoms with van der Waals surface area (Å²) in [5.41, 5.74) is 3.76. The van der Waals surface area contributed by atoms with Crippen LogP contribution in [0, 0.1) is 13.8 Å². The molecule has 2 heterocycles. The van der Waals surface area contributed by atoms with Gasteiger partial charge in [-0.1, -0.05) is 18.2 Å². The molecule has 0 saturated carbocycles. The number of para-hydroxylation sites is 1. The Labute approximate surface area is 156 Å². The maximum atomic E-state index is 12.4. The van der Waals surface area contributed by atoms with Crippen LogP contribution >= 0.6 is 0 Å². The van der Waals surface area contributed by atoms with Crippen molar-refractivity contribution in [1.29, 1.82) is 0 Å². The molecule has 2 N–H and O–H groups in total. The van der Waals surface area contributed by atoms with E-state index in [2.05, 4.69) is 15.5 Å². The van der Waals surface area contributed by atoms with E-state index in [1.165, 1.54) is 17.1 Å². The summed E-state index contributed by atoms with van der Waals surface area (Å²) >= 11 is 0. The predicted molar refractivity (Wildman–Crippen MR) is 98.8 cm³/mol. The monoisotopic (exact) mass is 367 g/mol. The quantitative estimate of drug-likeness (QED) is 0.696. The summed E-state index contributed by atoms with van der Waals surface area (Å²) in [6.45, 7) is 5.87. The smallest absolute Gasteiger partial charge is 0.338 e. The lowest BCUT2D eigenvalue weighted by atomic mass is 10.2. The van der Waals surface area contributed by atoms with Crippen LogP contribution in [0.5, 0.6) is 0 Å². The van der Waals surface area contributed by atoms with Crippen molar-refractivity contribution < 1.29 is 14.7 Å². The molecule has 0 radical (unpaired) electrons. The van der Waals surface area contributed by atoms with Gasteiger partial charge in [-0.15, -0.1) is 0 Å². The maximum absolute atomic E-state index is 12.4. The summed E-state index contributed by atoms with van der Waals surface area (Å²) < 4.78 is 3.19. The second-order valence-corrected chi connectivity index (χ2v) is 6.30. The molecule has 3 rings (SSSR count). The molecule has 3 aromatic rings. The fraction of sp³-hybridized carbons (Fsp3) is 0.263. The SMILES string of the molecule is Cc1nn(-c2ccccc2)c(C)c1CNC(=O)C(C)n1cc(C(=O)O)cn1. The number of carbonyl (C=O) groups is 2. The molecule has 0 aliphatic heterocycles. The van der Waals surface area contributed by atoms with E-state index < -0.39 is 12.0 Å². The summed E-state index contributed by atoms with van der Waals surface area (Å²) in [5.74, 6) is -1.32. The van der Waals surface area contributed by atoms with E-state index in [0.717, 1.165) is 22.6 Å². The van der Waals surface area contributed by atoms with Crippen molar-refractivity contribution in [2.24, 2.45) is 0 Å². The third-order valence-electron chi connectivity index (χ3n) is 4.51. The molecule has 140 valence electrons. The van der Waals surface area contributed by atoms with Gasteiger partial charge in [0.25, 0.3) is 0 Å². The molecule has 2 aromatic heterocycles. The number of aryl methyl sites for hydroxylation is 1. The van der Waals surface area contributed by atoms with Crippen LogP contribution < -0.4 is 5.32 Å².